The van der Waals surface area contributed by atoms with Crippen LogP contribution >= 0.6 is 12.4 Å². The summed E-state index contributed by atoms with van der Waals surface area (Å²) in [7, 11) is 3.70. The second kappa shape index (κ2) is 8.28. The molecular weight excluding hydrogens is 274 g/mol. The monoisotopic (exact) mass is 299 g/mol. The largest absolute Gasteiger partial charge is 0.426 e. The summed E-state index contributed by atoms with van der Waals surface area (Å²) in [5.41, 5.74) is 1.32. The van der Waals surface area contributed by atoms with Crippen molar-refractivity contribution in [3.8, 4) is 5.75 Å². The molecule has 0 saturated carbocycles. The van der Waals surface area contributed by atoms with Crippen molar-refractivity contribution in [2.75, 3.05) is 20.6 Å². The fourth-order valence-corrected chi connectivity index (χ4v) is 2.17. The third kappa shape index (κ3) is 5.93. The van der Waals surface area contributed by atoms with E-state index in [4.69, 9.17) is 4.74 Å². The summed E-state index contributed by atoms with van der Waals surface area (Å²) in [6.07, 6.45) is 2.25. The molecule has 114 valence electrons. The molecule has 0 aliphatic carbocycles. The lowest BCUT2D eigenvalue weighted by Crippen LogP contribution is -2.25. The molecule has 0 spiro atoms. The number of benzene rings is 1. The van der Waals surface area contributed by atoms with Crippen molar-refractivity contribution in [3.05, 3.63) is 29.8 Å². The molecule has 0 amide bonds. The molecule has 0 atom stereocenters. The molecule has 0 N–H and O–H groups in total. The smallest absolute Gasteiger partial charge is 0.325 e. The van der Waals surface area contributed by atoms with Gasteiger partial charge in [0.1, 0.15) is 5.75 Å². The van der Waals surface area contributed by atoms with Gasteiger partial charge in [-0.1, -0.05) is 39.3 Å². The zero-order valence-corrected chi connectivity index (χ0v) is 13.9. The van der Waals surface area contributed by atoms with Crippen LogP contribution in [0, 0.1) is 0 Å². The third-order valence-corrected chi connectivity index (χ3v) is 3.17. The Bertz CT molecular complexity index is 430. The van der Waals surface area contributed by atoms with Crippen LogP contribution in [0.1, 0.15) is 39.2 Å². The standard InChI is InChI=1S/C16H25NO2.ClH/c1-6-10-16(2,3)13-8-7-9-14(11-13)19-15(18)12-17(4)5;/h7-9,11H,6,10,12H2,1-5H3;1H. The molecule has 20 heavy (non-hydrogen) atoms. The quantitative estimate of drug-likeness (QED) is 0.593. The fraction of sp³-hybridized carbons (Fsp3) is 0.562. The minimum atomic E-state index is -0.226. The van der Waals surface area contributed by atoms with E-state index in [1.807, 2.05) is 32.3 Å². The van der Waals surface area contributed by atoms with Crippen LogP contribution in [0.15, 0.2) is 24.3 Å². The van der Waals surface area contributed by atoms with Gasteiger partial charge in [-0.3, -0.25) is 9.69 Å². The number of hydrogen-bond donors (Lipinski definition) is 0. The molecule has 0 bridgehead atoms. The highest BCUT2D eigenvalue weighted by atomic mass is 35.5. The molecule has 3 nitrogen and oxygen atoms in total. The van der Waals surface area contributed by atoms with Gasteiger partial charge in [0.2, 0.25) is 0 Å². The van der Waals surface area contributed by atoms with Crippen LogP contribution in [0.25, 0.3) is 0 Å². The predicted octanol–water partition coefficient (Wildman–Crippen LogP) is 3.65. The zero-order chi connectivity index (χ0) is 14.5. The molecule has 1 rings (SSSR count). The summed E-state index contributed by atoms with van der Waals surface area (Å²) >= 11 is 0. The number of carbonyl (C=O) groups excluding carboxylic acids is 1. The fourth-order valence-electron chi connectivity index (χ4n) is 2.17. The van der Waals surface area contributed by atoms with Crippen LogP contribution in [0.4, 0.5) is 0 Å². The maximum atomic E-state index is 11.6. The minimum Gasteiger partial charge on any atom is -0.426 e. The molecule has 0 unspecified atom stereocenters. The lowest BCUT2D eigenvalue weighted by Gasteiger charge is -2.25. The van der Waals surface area contributed by atoms with Crippen LogP contribution < -0.4 is 4.74 Å². The Morgan fingerprint density at radius 2 is 1.95 bits per heavy atom. The number of nitrogens with zero attached hydrogens (tertiary/aromatic N) is 1. The van der Waals surface area contributed by atoms with Gasteiger partial charge in [-0.25, -0.2) is 0 Å². The number of hydrogen-bond acceptors (Lipinski definition) is 3. The number of ether oxygens (including phenoxy) is 1. The maximum Gasteiger partial charge on any atom is 0.325 e. The van der Waals surface area contributed by atoms with Crippen molar-refractivity contribution >= 4 is 18.4 Å². The van der Waals surface area contributed by atoms with Gasteiger partial charge in [0, 0.05) is 0 Å². The van der Waals surface area contributed by atoms with E-state index < -0.39 is 0 Å². The van der Waals surface area contributed by atoms with Gasteiger partial charge >= 0.3 is 5.97 Å². The van der Waals surface area contributed by atoms with Crippen molar-refractivity contribution in [1.29, 1.82) is 0 Å². The van der Waals surface area contributed by atoms with Crippen LogP contribution in [-0.4, -0.2) is 31.5 Å². The number of esters is 1. The SMILES string of the molecule is CCCC(C)(C)c1cccc(OC(=O)CN(C)C)c1.Cl. The van der Waals surface area contributed by atoms with Crippen LogP contribution in [0.3, 0.4) is 0 Å². The number of halogens is 1. The van der Waals surface area contributed by atoms with Gasteiger partial charge in [0.05, 0.1) is 6.54 Å². The molecule has 1 aromatic carbocycles. The second-order valence-electron chi connectivity index (χ2n) is 5.87. The average molecular weight is 300 g/mol. The molecule has 0 fully saturated rings. The normalized spacial score (nSPS) is 11.1. The summed E-state index contributed by atoms with van der Waals surface area (Å²) in [5.74, 6) is 0.406. The molecule has 0 saturated heterocycles. The molecule has 4 heteroatoms. The average Bonchev–Trinajstić information content (AvgIpc) is 2.28. The Hall–Kier alpha value is -1.06. The van der Waals surface area contributed by atoms with E-state index in [-0.39, 0.29) is 23.8 Å². The number of rotatable bonds is 6. The first kappa shape index (κ1) is 18.9. The number of likely N-dealkylation sites (N-methyl/N-ethyl adjacent to an activating group) is 1. The van der Waals surface area contributed by atoms with E-state index in [1.54, 1.807) is 4.90 Å². The molecule has 0 aliphatic rings. The van der Waals surface area contributed by atoms with E-state index in [1.165, 1.54) is 5.56 Å². The van der Waals surface area contributed by atoms with Crippen molar-refractivity contribution in [2.24, 2.45) is 0 Å². The van der Waals surface area contributed by atoms with Gasteiger partial charge in [-0.2, -0.15) is 0 Å². The van der Waals surface area contributed by atoms with Crippen molar-refractivity contribution in [3.63, 3.8) is 0 Å². The van der Waals surface area contributed by atoms with Crippen LogP contribution in [0.5, 0.6) is 5.75 Å². The topological polar surface area (TPSA) is 29.5 Å². The van der Waals surface area contributed by atoms with Crippen molar-refractivity contribution in [2.45, 2.75) is 39.0 Å². The highest BCUT2D eigenvalue weighted by molar-refractivity contribution is 5.85. The molecule has 0 heterocycles. The molecular formula is C16H26ClNO2. The van der Waals surface area contributed by atoms with E-state index in [0.29, 0.717) is 12.3 Å². The van der Waals surface area contributed by atoms with Gasteiger partial charge in [0.25, 0.3) is 0 Å². The maximum absolute atomic E-state index is 11.6. The molecule has 0 aromatic heterocycles. The second-order valence-corrected chi connectivity index (χ2v) is 5.87. The van der Waals surface area contributed by atoms with E-state index in [0.717, 1.165) is 12.8 Å². The Kier molecular flexibility index (Phi) is 7.84. The van der Waals surface area contributed by atoms with Crippen LogP contribution in [-0.2, 0) is 10.2 Å². The van der Waals surface area contributed by atoms with E-state index in [2.05, 4.69) is 26.8 Å². The molecule has 1 aromatic rings. The Morgan fingerprint density at radius 3 is 2.50 bits per heavy atom. The lowest BCUT2D eigenvalue weighted by molar-refractivity contribution is -0.135. The predicted molar refractivity (Wildman–Crippen MR) is 85.8 cm³/mol. The zero-order valence-electron chi connectivity index (χ0n) is 13.1. The van der Waals surface area contributed by atoms with Gasteiger partial charge < -0.3 is 4.74 Å². The summed E-state index contributed by atoms with van der Waals surface area (Å²) in [4.78, 5) is 13.4. The highest BCUT2D eigenvalue weighted by Gasteiger charge is 2.20. The summed E-state index contributed by atoms with van der Waals surface area (Å²) < 4.78 is 5.36. The van der Waals surface area contributed by atoms with Gasteiger partial charge in [-0.05, 0) is 43.6 Å². The summed E-state index contributed by atoms with van der Waals surface area (Å²) in [6, 6.07) is 7.85. The highest BCUT2D eigenvalue weighted by Crippen LogP contribution is 2.30. The number of carbonyl (C=O) groups is 1. The van der Waals surface area contributed by atoms with E-state index >= 15 is 0 Å². The van der Waals surface area contributed by atoms with Crippen LogP contribution in [0.2, 0.25) is 0 Å². The van der Waals surface area contributed by atoms with Crippen molar-refractivity contribution in [1.82, 2.24) is 4.90 Å². The Morgan fingerprint density at radius 1 is 1.30 bits per heavy atom. The van der Waals surface area contributed by atoms with Crippen molar-refractivity contribution < 1.29 is 9.53 Å². The first-order valence-electron chi connectivity index (χ1n) is 6.81. The molecule has 0 aliphatic heterocycles. The Balaban J connectivity index is 0.00000361. The third-order valence-electron chi connectivity index (χ3n) is 3.17. The minimum absolute atomic E-state index is 0. The van der Waals surface area contributed by atoms with E-state index in [9.17, 15) is 4.79 Å². The Labute approximate surface area is 128 Å². The van der Waals surface area contributed by atoms with Gasteiger partial charge in [0.15, 0.2) is 0 Å². The summed E-state index contributed by atoms with van der Waals surface area (Å²) in [5, 5.41) is 0. The lowest BCUT2D eigenvalue weighted by atomic mass is 9.81. The first-order chi connectivity index (χ1) is 8.85. The van der Waals surface area contributed by atoms with Gasteiger partial charge in [-0.15, -0.1) is 12.4 Å². The molecule has 0 radical (unpaired) electrons. The first-order valence-corrected chi connectivity index (χ1v) is 6.81. The summed E-state index contributed by atoms with van der Waals surface area (Å²) in [6.45, 7) is 6.92.